The molecule has 1 aromatic rings. The van der Waals surface area contributed by atoms with Crippen LogP contribution in [-0.2, 0) is 4.79 Å². The highest BCUT2D eigenvalue weighted by Crippen LogP contribution is 2.15. The number of aromatic nitrogens is 2. The van der Waals surface area contributed by atoms with Gasteiger partial charge in [-0.2, -0.15) is 0 Å². The monoisotopic (exact) mass is 249 g/mol. The summed E-state index contributed by atoms with van der Waals surface area (Å²) >= 11 is 6.50. The quantitative estimate of drug-likeness (QED) is 0.398. The zero-order valence-corrected chi connectivity index (χ0v) is 9.01. The second kappa shape index (κ2) is 5.04. The molecule has 1 aromatic heterocycles. The van der Waals surface area contributed by atoms with Gasteiger partial charge in [-0.1, -0.05) is 11.8 Å². The first-order valence-electron chi connectivity index (χ1n) is 3.85. The Morgan fingerprint density at radius 1 is 1.80 bits per heavy atom. The van der Waals surface area contributed by atoms with Gasteiger partial charge in [0, 0.05) is 11.8 Å². The van der Waals surface area contributed by atoms with Gasteiger partial charge in [-0.15, -0.1) is 11.6 Å². The maximum Gasteiger partial charge on any atom is 0.322 e. The zero-order chi connectivity index (χ0) is 11.4. The fourth-order valence-corrected chi connectivity index (χ4v) is 1.72. The summed E-state index contributed by atoms with van der Waals surface area (Å²) in [5, 5.41) is 7.74. The molecule has 0 aliphatic rings. The molecule has 0 aromatic carbocycles. The molecule has 0 saturated carbocycles. The number of rotatable bonds is 4. The predicted octanol–water partition coefficient (Wildman–Crippen LogP) is 0.136. The highest BCUT2D eigenvalue weighted by Gasteiger charge is 2.14. The van der Waals surface area contributed by atoms with Crippen LogP contribution >= 0.6 is 23.4 Å². The molecular weight excluding hydrogens is 242 g/mol. The number of aliphatic carboxylic acids is 1. The minimum Gasteiger partial charge on any atom is -0.480 e. The molecule has 1 heterocycles. The van der Waals surface area contributed by atoms with Gasteiger partial charge in [0.25, 0.3) is 5.56 Å². The number of hydrogen-bond acceptors (Lipinski definition) is 5. The molecule has 0 radical (unpaired) electrons. The van der Waals surface area contributed by atoms with E-state index in [0.717, 1.165) is 17.8 Å². The van der Waals surface area contributed by atoms with Gasteiger partial charge in [0.1, 0.15) is 11.2 Å². The third-order valence-electron chi connectivity index (χ3n) is 1.37. The molecule has 0 saturated heterocycles. The van der Waals surface area contributed by atoms with Crippen LogP contribution < -0.4 is 11.3 Å². The van der Waals surface area contributed by atoms with Crippen molar-refractivity contribution in [3.05, 3.63) is 16.4 Å². The summed E-state index contributed by atoms with van der Waals surface area (Å²) in [6.45, 7) is 0. The summed E-state index contributed by atoms with van der Waals surface area (Å²) in [4.78, 5) is 27.5. The van der Waals surface area contributed by atoms with Gasteiger partial charge in [-0.25, -0.2) is 4.98 Å². The Labute approximate surface area is 93.8 Å². The van der Waals surface area contributed by atoms with Crippen molar-refractivity contribution in [3.63, 3.8) is 0 Å². The molecule has 0 aliphatic heterocycles. The van der Waals surface area contributed by atoms with Gasteiger partial charge in [-0.05, 0) is 0 Å². The first kappa shape index (κ1) is 11.9. The smallest absolute Gasteiger partial charge is 0.322 e. The highest BCUT2D eigenvalue weighted by molar-refractivity contribution is 7.99. The van der Waals surface area contributed by atoms with E-state index in [1.165, 1.54) is 0 Å². The Balaban J connectivity index is 2.65. The summed E-state index contributed by atoms with van der Waals surface area (Å²) in [5.41, 5.74) is 4.95. The normalized spacial score (nSPS) is 12.3. The number of alkyl halides is 1. The van der Waals surface area contributed by atoms with E-state index in [9.17, 15) is 9.59 Å². The van der Waals surface area contributed by atoms with Gasteiger partial charge in [0.15, 0.2) is 5.16 Å². The van der Waals surface area contributed by atoms with Crippen LogP contribution in [-0.4, -0.2) is 32.2 Å². The number of nitrogen functional groups attached to an aromatic ring is 1. The molecular formula is C7H8ClN3O3S. The molecule has 8 heteroatoms. The van der Waals surface area contributed by atoms with Crippen molar-refractivity contribution in [1.29, 1.82) is 0 Å². The molecule has 1 rings (SSSR count). The van der Waals surface area contributed by atoms with Crippen LogP contribution in [0.2, 0.25) is 0 Å². The summed E-state index contributed by atoms with van der Waals surface area (Å²) in [7, 11) is 0. The molecule has 0 bridgehead atoms. The van der Waals surface area contributed by atoms with Crippen LogP contribution in [0.25, 0.3) is 0 Å². The predicted molar refractivity (Wildman–Crippen MR) is 57.3 cm³/mol. The fraction of sp³-hybridized carbons (Fsp3) is 0.286. The second-order valence-electron chi connectivity index (χ2n) is 2.59. The van der Waals surface area contributed by atoms with E-state index in [2.05, 4.69) is 9.97 Å². The van der Waals surface area contributed by atoms with E-state index in [0.29, 0.717) is 0 Å². The SMILES string of the molecule is Nc1cc(=O)[nH]c(SCC(Cl)C(=O)O)n1. The number of carboxylic acid groups (broad SMARTS) is 1. The summed E-state index contributed by atoms with van der Waals surface area (Å²) < 4.78 is 0. The number of nitrogens with zero attached hydrogens (tertiary/aromatic N) is 1. The van der Waals surface area contributed by atoms with Crippen molar-refractivity contribution in [2.24, 2.45) is 0 Å². The van der Waals surface area contributed by atoms with Crippen molar-refractivity contribution in [1.82, 2.24) is 9.97 Å². The zero-order valence-electron chi connectivity index (χ0n) is 7.44. The van der Waals surface area contributed by atoms with Crippen molar-refractivity contribution in [2.45, 2.75) is 10.5 Å². The van der Waals surface area contributed by atoms with Crippen molar-refractivity contribution < 1.29 is 9.90 Å². The van der Waals surface area contributed by atoms with Crippen LogP contribution in [0.1, 0.15) is 0 Å². The molecule has 6 nitrogen and oxygen atoms in total. The first-order valence-corrected chi connectivity index (χ1v) is 5.28. The van der Waals surface area contributed by atoms with E-state index < -0.39 is 11.3 Å². The number of aromatic amines is 1. The third kappa shape index (κ3) is 3.80. The topological polar surface area (TPSA) is 109 Å². The molecule has 0 aliphatic carbocycles. The molecule has 0 amide bonds. The maximum absolute atomic E-state index is 11.0. The lowest BCUT2D eigenvalue weighted by Gasteiger charge is -2.03. The van der Waals surface area contributed by atoms with E-state index in [1.54, 1.807) is 0 Å². The minimum atomic E-state index is -1.12. The van der Waals surface area contributed by atoms with Crippen molar-refractivity contribution in [3.8, 4) is 0 Å². The molecule has 1 atom stereocenters. The lowest BCUT2D eigenvalue weighted by Crippen LogP contribution is -2.17. The van der Waals surface area contributed by atoms with E-state index in [4.69, 9.17) is 22.4 Å². The molecule has 82 valence electrons. The number of nitrogens with two attached hydrogens (primary N) is 1. The molecule has 4 N–H and O–H groups in total. The van der Waals surface area contributed by atoms with Crippen LogP contribution in [0, 0.1) is 0 Å². The van der Waals surface area contributed by atoms with Crippen LogP contribution in [0.5, 0.6) is 0 Å². The van der Waals surface area contributed by atoms with Gasteiger partial charge in [0.2, 0.25) is 0 Å². The number of H-pyrrole nitrogens is 1. The number of hydrogen-bond donors (Lipinski definition) is 3. The summed E-state index contributed by atoms with van der Waals surface area (Å²) in [5.74, 6) is -0.929. The first-order chi connectivity index (χ1) is 6.99. The van der Waals surface area contributed by atoms with Gasteiger partial charge >= 0.3 is 5.97 Å². The number of halogens is 1. The second-order valence-corrected chi connectivity index (χ2v) is 4.13. The molecule has 15 heavy (non-hydrogen) atoms. The van der Waals surface area contributed by atoms with Gasteiger partial charge in [0.05, 0.1) is 0 Å². The Morgan fingerprint density at radius 2 is 2.47 bits per heavy atom. The minimum absolute atomic E-state index is 0.0858. The number of thioether (sulfide) groups is 1. The molecule has 0 fully saturated rings. The van der Waals surface area contributed by atoms with E-state index in [-0.39, 0.29) is 22.3 Å². The Bertz CT molecular complexity index is 422. The van der Waals surface area contributed by atoms with Crippen LogP contribution in [0.3, 0.4) is 0 Å². The maximum atomic E-state index is 11.0. The number of carbonyl (C=O) groups is 1. The highest BCUT2D eigenvalue weighted by atomic mass is 35.5. The standard InChI is InChI=1S/C7H8ClN3O3S/c8-3(6(13)14)2-15-7-10-4(9)1-5(12)11-7/h1,3H,2H2,(H,13,14)(H3,9,10,11,12). The summed E-state index contributed by atoms with van der Waals surface area (Å²) in [6.07, 6.45) is 0. The average molecular weight is 250 g/mol. The van der Waals surface area contributed by atoms with Crippen LogP contribution in [0.15, 0.2) is 16.0 Å². The molecule has 1 unspecified atom stereocenters. The summed E-state index contributed by atoms with van der Waals surface area (Å²) in [6, 6.07) is 1.14. The Hall–Kier alpha value is -1.21. The van der Waals surface area contributed by atoms with E-state index in [1.807, 2.05) is 0 Å². The molecule has 0 spiro atoms. The number of carboxylic acids is 1. The Morgan fingerprint density at radius 3 is 3.00 bits per heavy atom. The average Bonchev–Trinajstić information content (AvgIpc) is 2.12. The third-order valence-corrected chi connectivity index (χ3v) is 2.86. The van der Waals surface area contributed by atoms with Gasteiger partial charge < -0.3 is 15.8 Å². The van der Waals surface area contributed by atoms with Gasteiger partial charge in [-0.3, -0.25) is 9.59 Å². The van der Waals surface area contributed by atoms with Crippen molar-refractivity contribution in [2.75, 3.05) is 11.5 Å². The largest absolute Gasteiger partial charge is 0.480 e. The van der Waals surface area contributed by atoms with Crippen LogP contribution in [0.4, 0.5) is 5.82 Å². The lowest BCUT2D eigenvalue weighted by atomic mass is 10.5. The van der Waals surface area contributed by atoms with E-state index >= 15 is 0 Å². The fourth-order valence-electron chi connectivity index (χ4n) is 0.745. The number of nitrogens with one attached hydrogen (secondary N) is 1. The Kier molecular flexibility index (Phi) is 3.98. The van der Waals surface area contributed by atoms with Crippen molar-refractivity contribution >= 4 is 35.1 Å². The lowest BCUT2D eigenvalue weighted by molar-refractivity contribution is -0.136. The number of anilines is 1.